The predicted octanol–water partition coefficient (Wildman–Crippen LogP) is 4.98. The first kappa shape index (κ1) is 21.0. The van der Waals surface area contributed by atoms with Crippen molar-refractivity contribution in [1.29, 1.82) is 0 Å². The Kier molecular flexibility index (Phi) is 5.68. The highest BCUT2D eigenvalue weighted by Crippen LogP contribution is 2.43. The molecule has 0 bridgehead atoms. The molecule has 2 atom stereocenters. The van der Waals surface area contributed by atoms with Gasteiger partial charge >= 0.3 is 5.97 Å². The van der Waals surface area contributed by atoms with E-state index in [1.807, 2.05) is 18.4 Å². The van der Waals surface area contributed by atoms with Crippen molar-refractivity contribution in [3.63, 3.8) is 0 Å². The van der Waals surface area contributed by atoms with Crippen LogP contribution in [0.1, 0.15) is 75.0 Å². The Labute approximate surface area is 176 Å². The third kappa shape index (κ3) is 4.42. The van der Waals surface area contributed by atoms with E-state index < -0.39 is 11.8 Å². The summed E-state index contributed by atoms with van der Waals surface area (Å²) in [5.41, 5.74) is 1.60. The van der Waals surface area contributed by atoms with Crippen molar-refractivity contribution in [1.82, 2.24) is 9.55 Å². The number of carboxylic acids is 1. The first-order valence-electron chi connectivity index (χ1n) is 10.7. The monoisotopic (exact) mass is 416 g/mol. The Morgan fingerprint density at radius 2 is 1.90 bits per heavy atom. The van der Waals surface area contributed by atoms with E-state index >= 15 is 0 Å². The van der Waals surface area contributed by atoms with Crippen LogP contribution < -0.4 is 0 Å². The Balaban J connectivity index is 1.65. The number of nitrogens with zero attached hydrogens (tertiary/aromatic N) is 2. The molecule has 7 heteroatoms. The molecule has 0 unspecified atom stereocenters. The van der Waals surface area contributed by atoms with E-state index in [1.165, 1.54) is 12.1 Å². The number of benzene rings is 1. The van der Waals surface area contributed by atoms with E-state index in [0.29, 0.717) is 17.9 Å². The van der Waals surface area contributed by atoms with Crippen molar-refractivity contribution in [3.05, 3.63) is 41.5 Å². The van der Waals surface area contributed by atoms with Crippen LogP contribution in [0.2, 0.25) is 0 Å². The molecule has 1 N–H and O–H groups in total. The van der Waals surface area contributed by atoms with Gasteiger partial charge in [0.2, 0.25) is 0 Å². The van der Waals surface area contributed by atoms with Crippen molar-refractivity contribution in [3.8, 4) is 11.4 Å². The Morgan fingerprint density at radius 3 is 2.50 bits per heavy atom. The fraction of sp³-hybridized carbons (Fsp3) is 0.565. The maximum absolute atomic E-state index is 13.4. The number of aromatic nitrogens is 2. The topological polar surface area (TPSA) is 73.6 Å². The zero-order valence-electron chi connectivity index (χ0n) is 17.7. The van der Waals surface area contributed by atoms with Crippen LogP contribution in [0.3, 0.4) is 0 Å². The van der Waals surface area contributed by atoms with Crippen LogP contribution in [0, 0.1) is 5.82 Å². The van der Waals surface area contributed by atoms with Crippen LogP contribution in [0.4, 0.5) is 4.39 Å². The summed E-state index contributed by atoms with van der Waals surface area (Å²) in [6, 6.07) is 6.05. The molecular weight excluding hydrogens is 387 g/mol. The van der Waals surface area contributed by atoms with E-state index in [9.17, 15) is 14.3 Å². The van der Waals surface area contributed by atoms with Gasteiger partial charge in [0.15, 0.2) is 11.5 Å². The standard InChI is InChI=1S/C23H29FN2O4/c1-4-17-13-18(30-23(2,3)29-17)11-12-26-20(14-5-6-14)19(22(27)28)25-21(26)15-7-9-16(24)10-8-15/h7-10,14,17-18H,4-6,11-13H2,1-3H3,(H,27,28)/t17-,18+/m0/s1. The van der Waals surface area contributed by atoms with E-state index in [1.54, 1.807) is 12.1 Å². The number of aromatic carboxylic acids is 1. The number of imidazole rings is 1. The number of carboxylic acid groups (broad SMARTS) is 1. The van der Waals surface area contributed by atoms with Crippen LogP contribution in [-0.2, 0) is 16.0 Å². The quantitative estimate of drug-likeness (QED) is 0.689. The zero-order valence-corrected chi connectivity index (χ0v) is 17.7. The second-order valence-corrected chi connectivity index (χ2v) is 8.72. The number of rotatable bonds is 7. The van der Waals surface area contributed by atoms with Gasteiger partial charge in [-0.15, -0.1) is 0 Å². The average molecular weight is 416 g/mol. The molecule has 1 aromatic carbocycles. The number of carbonyl (C=O) groups is 1. The van der Waals surface area contributed by atoms with Crippen LogP contribution >= 0.6 is 0 Å². The zero-order chi connectivity index (χ0) is 21.5. The minimum atomic E-state index is -1.02. The van der Waals surface area contributed by atoms with Gasteiger partial charge in [0.25, 0.3) is 0 Å². The molecule has 1 aromatic heterocycles. The van der Waals surface area contributed by atoms with Crippen molar-refractivity contribution >= 4 is 5.97 Å². The summed E-state index contributed by atoms with van der Waals surface area (Å²) >= 11 is 0. The second kappa shape index (κ2) is 8.12. The van der Waals surface area contributed by atoms with Gasteiger partial charge in [0, 0.05) is 24.4 Å². The SMILES string of the molecule is CC[C@H]1C[C@@H](CCn2c(-c3ccc(F)cc3)nc(C(=O)O)c2C2CC2)OC(C)(C)O1. The van der Waals surface area contributed by atoms with E-state index in [-0.39, 0.29) is 29.6 Å². The molecule has 2 aromatic rings. The Morgan fingerprint density at radius 1 is 1.23 bits per heavy atom. The van der Waals surface area contributed by atoms with Gasteiger partial charge in [-0.2, -0.15) is 0 Å². The van der Waals surface area contributed by atoms with Gasteiger partial charge in [-0.05, 0) is 63.8 Å². The Bertz CT molecular complexity index is 918. The summed E-state index contributed by atoms with van der Waals surface area (Å²) in [6.45, 7) is 6.56. The molecule has 0 radical (unpaired) electrons. The summed E-state index contributed by atoms with van der Waals surface area (Å²) in [6.07, 6.45) is 4.56. The minimum Gasteiger partial charge on any atom is -0.476 e. The maximum atomic E-state index is 13.4. The molecular formula is C23H29FN2O4. The highest BCUT2D eigenvalue weighted by molar-refractivity contribution is 5.88. The maximum Gasteiger partial charge on any atom is 0.356 e. The van der Waals surface area contributed by atoms with Gasteiger partial charge in [-0.3, -0.25) is 0 Å². The summed E-state index contributed by atoms with van der Waals surface area (Å²) in [5, 5.41) is 9.75. The first-order chi connectivity index (χ1) is 14.3. The van der Waals surface area contributed by atoms with Crippen LogP contribution in [0.25, 0.3) is 11.4 Å². The molecule has 4 rings (SSSR count). The van der Waals surface area contributed by atoms with Crippen LogP contribution in [0.15, 0.2) is 24.3 Å². The smallest absolute Gasteiger partial charge is 0.356 e. The first-order valence-corrected chi connectivity index (χ1v) is 10.7. The van der Waals surface area contributed by atoms with Crippen LogP contribution in [0.5, 0.6) is 0 Å². The predicted molar refractivity (Wildman–Crippen MR) is 110 cm³/mol. The highest BCUT2D eigenvalue weighted by Gasteiger charge is 2.37. The summed E-state index contributed by atoms with van der Waals surface area (Å²) in [7, 11) is 0. The van der Waals surface area contributed by atoms with Crippen molar-refractivity contribution in [2.75, 3.05) is 0 Å². The molecule has 6 nitrogen and oxygen atoms in total. The van der Waals surface area contributed by atoms with E-state index in [4.69, 9.17) is 9.47 Å². The van der Waals surface area contributed by atoms with Gasteiger partial charge < -0.3 is 19.1 Å². The van der Waals surface area contributed by atoms with Gasteiger partial charge in [-0.25, -0.2) is 14.2 Å². The number of halogens is 1. The molecule has 2 aliphatic rings. The van der Waals surface area contributed by atoms with Crippen molar-refractivity contribution in [2.45, 2.75) is 83.3 Å². The largest absolute Gasteiger partial charge is 0.476 e. The molecule has 1 saturated carbocycles. The molecule has 2 heterocycles. The molecule has 2 fully saturated rings. The van der Waals surface area contributed by atoms with Gasteiger partial charge in [0.1, 0.15) is 11.6 Å². The van der Waals surface area contributed by atoms with Crippen molar-refractivity contribution in [2.24, 2.45) is 0 Å². The third-order valence-corrected chi connectivity index (χ3v) is 5.83. The summed E-state index contributed by atoms with van der Waals surface area (Å²) < 4.78 is 27.6. The number of ether oxygens (including phenoxy) is 2. The highest BCUT2D eigenvalue weighted by atomic mass is 19.1. The lowest BCUT2D eigenvalue weighted by atomic mass is 10.0. The second-order valence-electron chi connectivity index (χ2n) is 8.72. The molecule has 1 aliphatic carbocycles. The minimum absolute atomic E-state index is 0.0162. The van der Waals surface area contributed by atoms with E-state index in [0.717, 1.165) is 37.8 Å². The molecule has 30 heavy (non-hydrogen) atoms. The lowest BCUT2D eigenvalue weighted by Gasteiger charge is -2.40. The third-order valence-electron chi connectivity index (χ3n) is 5.83. The average Bonchev–Trinajstić information content (AvgIpc) is 3.45. The Hall–Kier alpha value is -2.25. The lowest BCUT2D eigenvalue weighted by Crippen LogP contribution is -2.44. The number of hydrogen-bond acceptors (Lipinski definition) is 4. The molecule has 162 valence electrons. The van der Waals surface area contributed by atoms with E-state index in [2.05, 4.69) is 11.9 Å². The molecule has 0 amide bonds. The normalized spacial score (nSPS) is 23.5. The summed E-state index contributed by atoms with van der Waals surface area (Å²) in [5.74, 6) is -1.19. The lowest BCUT2D eigenvalue weighted by molar-refractivity contribution is -0.300. The van der Waals surface area contributed by atoms with Crippen molar-refractivity contribution < 1.29 is 23.8 Å². The van der Waals surface area contributed by atoms with Gasteiger partial charge in [-0.1, -0.05) is 6.92 Å². The molecule has 0 spiro atoms. The fourth-order valence-corrected chi connectivity index (χ4v) is 4.36. The molecule has 1 saturated heterocycles. The summed E-state index contributed by atoms with van der Waals surface area (Å²) in [4.78, 5) is 16.4. The molecule has 1 aliphatic heterocycles. The number of hydrogen-bond donors (Lipinski definition) is 1. The fourth-order valence-electron chi connectivity index (χ4n) is 4.36. The van der Waals surface area contributed by atoms with Crippen LogP contribution in [-0.4, -0.2) is 38.6 Å². The van der Waals surface area contributed by atoms with Gasteiger partial charge in [0.05, 0.1) is 17.9 Å².